The fourth-order valence-corrected chi connectivity index (χ4v) is 1.73. The number of terminal acetylenes is 1. The molecule has 1 aliphatic rings. The van der Waals surface area contributed by atoms with E-state index in [-0.39, 0.29) is 5.25 Å². The van der Waals surface area contributed by atoms with E-state index in [1.165, 1.54) is 0 Å². The first-order valence-corrected chi connectivity index (χ1v) is 3.95. The Morgan fingerprint density at radius 2 is 2.67 bits per heavy atom. The molecule has 1 saturated heterocycles. The fraction of sp³-hybridized carbons (Fsp3) is 0.667. The van der Waals surface area contributed by atoms with Crippen LogP contribution in [0.15, 0.2) is 0 Å². The van der Waals surface area contributed by atoms with Crippen molar-refractivity contribution in [1.82, 2.24) is 0 Å². The molecule has 0 spiro atoms. The van der Waals surface area contributed by atoms with Gasteiger partial charge in [0, 0.05) is 6.42 Å². The van der Waals surface area contributed by atoms with E-state index >= 15 is 0 Å². The molecule has 2 atom stereocenters. The minimum absolute atomic E-state index is 0.0926. The molecule has 0 aromatic rings. The maximum Gasteiger partial charge on any atom is 0.159 e. The van der Waals surface area contributed by atoms with Gasteiger partial charge < -0.3 is 0 Å². The summed E-state index contributed by atoms with van der Waals surface area (Å²) in [6.45, 7) is 0.596. The minimum Gasteiger partial charge on any atom is -0.290 e. The molecule has 1 heterocycles. The minimum atomic E-state index is -1.10. The van der Waals surface area contributed by atoms with Gasteiger partial charge in [-0.25, -0.2) is 4.21 Å². The van der Waals surface area contributed by atoms with Crippen LogP contribution in [0, 0.1) is 12.3 Å². The normalized spacial score (nSPS) is 34.1. The summed E-state index contributed by atoms with van der Waals surface area (Å²) in [5.74, 6) is 2.47. The van der Waals surface area contributed by atoms with Crippen LogP contribution < -0.4 is 0 Å². The zero-order valence-electron chi connectivity index (χ0n) is 5.00. The van der Waals surface area contributed by atoms with Crippen molar-refractivity contribution in [3.8, 4) is 12.3 Å². The Balaban J connectivity index is 2.42. The van der Waals surface area contributed by atoms with Gasteiger partial charge in [0.05, 0.1) is 11.9 Å². The lowest BCUT2D eigenvalue weighted by Gasteiger charge is -1.96. The second kappa shape index (κ2) is 3.00. The summed E-state index contributed by atoms with van der Waals surface area (Å²) in [5, 5.41) is 0.0926. The molecule has 0 N–H and O–H groups in total. The third-order valence-corrected chi connectivity index (χ3v) is 2.60. The molecule has 1 fully saturated rings. The van der Waals surface area contributed by atoms with Crippen LogP contribution in [0.2, 0.25) is 0 Å². The smallest absolute Gasteiger partial charge is 0.159 e. The molecule has 2 nitrogen and oxygen atoms in total. The van der Waals surface area contributed by atoms with Gasteiger partial charge in [-0.2, -0.15) is 0 Å². The average molecular weight is 144 g/mol. The van der Waals surface area contributed by atoms with Gasteiger partial charge in [-0.3, -0.25) is 4.18 Å². The molecule has 0 radical (unpaired) electrons. The average Bonchev–Trinajstić information content (AvgIpc) is 2.18. The van der Waals surface area contributed by atoms with E-state index < -0.39 is 11.1 Å². The third-order valence-electron chi connectivity index (χ3n) is 1.26. The molecule has 0 aromatic heterocycles. The molecule has 0 saturated carbocycles. The van der Waals surface area contributed by atoms with Crippen molar-refractivity contribution in [3.05, 3.63) is 0 Å². The summed E-state index contributed by atoms with van der Waals surface area (Å²) in [5.41, 5.74) is 0. The summed E-state index contributed by atoms with van der Waals surface area (Å²) >= 11 is -1.10. The molecule has 1 rings (SSSR count). The lowest BCUT2D eigenvalue weighted by molar-refractivity contribution is 0.380. The predicted octanol–water partition coefficient (Wildman–Crippen LogP) is 0.462. The van der Waals surface area contributed by atoms with Crippen molar-refractivity contribution in [2.75, 3.05) is 6.61 Å². The molecule has 50 valence electrons. The first kappa shape index (κ1) is 6.79. The Morgan fingerprint density at radius 3 is 3.11 bits per heavy atom. The maximum atomic E-state index is 10.8. The Bertz CT molecular complexity index is 159. The van der Waals surface area contributed by atoms with Crippen LogP contribution in [-0.2, 0) is 15.3 Å². The summed E-state index contributed by atoms with van der Waals surface area (Å²) in [6, 6.07) is 0. The first-order chi connectivity index (χ1) is 4.34. The van der Waals surface area contributed by atoms with Crippen LogP contribution in [0.3, 0.4) is 0 Å². The Kier molecular flexibility index (Phi) is 2.26. The summed E-state index contributed by atoms with van der Waals surface area (Å²) in [7, 11) is 0. The summed E-state index contributed by atoms with van der Waals surface area (Å²) in [4.78, 5) is 0. The van der Waals surface area contributed by atoms with Crippen molar-refractivity contribution in [2.45, 2.75) is 18.1 Å². The largest absolute Gasteiger partial charge is 0.290 e. The van der Waals surface area contributed by atoms with Gasteiger partial charge in [0.25, 0.3) is 0 Å². The molecule has 0 aromatic carbocycles. The third kappa shape index (κ3) is 1.54. The van der Waals surface area contributed by atoms with Gasteiger partial charge in [0.15, 0.2) is 11.1 Å². The monoisotopic (exact) mass is 144 g/mol. The van der Waals surface area contributed by atoms with Gasteiger partial charge in [0.1, 0.15) is 0 Å². The number of hydrogen-bond donors (Lipinski definition) is 0. The van der Waals surface area contributed by atoms with Crippen LogP contribution in [-0.4, -0.2) is 16.1 Å². The summed E-state index contributed by atoms with van der Waals surface area (Å²) < 4.78 is 15.6. The highest BCUT2D eigenvalue weighted by Gasteiger charge is 2.22. The molecular weight excluding hydrogens is 136 g/mol. The molecule has 1 aliphatic heterocycles. The predicted molar refractivity (Wildman–Crippen MR) is 35.9 cm³/mol. The van der Waals surface area contributed by atoms with Crippen molar-refractivity contribution in [3.63, 3.8) is 0 Å². The molecule has 9 heavy (non-hydrogen) atoms. The van der Waals surface area contributed by atoms with E-state index in [1.54, 1.807) is 0 Å². The number of hydrogen-bond acceptors (Lipinski definition) is 2. The van der Waals surface area contributed by atoms with Crippen molar-refractivity contribution >= 4 is 11.1 Å². The van der Waals surface area contributed by atoms with Gasteiger partial charge >= 0.3 is 0 Å². The first-order valence-electron chi connectivity index (χ1n) is 2.82. The van der Waals surface area contributed by atoms with Crippen LogP contribution in [0.25, 0.3) is 0 Å². The van der Waals surface area contributed by atoms with Gasteiger partial charge in [-0.15, -0.1) is 12.3 Å². The second-order valence-corrected chi connectivity index (χ2v) is 3.32. The zero-order chi connectivity index (χ0) is 6.69. The molecular formula is C6H8O2S. The van der Waals surface area contributed by atoms with E-state index in [0.29, 0.717) is 13.0 Å². The molecule has 2 unspecified atom stereocenters. The van der Waals surface area contributed by atoms with Gasteiger partial charge in [-0.05, 0) is 6.42 Å². The van der Waals surface area contributed by atoms with E-state index in [1.807, 2.05) is 0 Å². The zero-order valence-corrected chi connectivity index (χ0v) is 5.82. The Labute approximate surface area is 57.3 Å². The summed E-state index contributed by atoms with van der Waals surface area (Å²) in [6.07, 6.45) is 6.45. The van der Waals surface area contributed by atoms with Crippen molar-refractivity contribution < 1.29 is 8.39 Å². The highest BCUT2D eigenvalue weighted by molar-refractivity contribution is 7.81. The lowest BCUT2D eigenvalue weighted by Crippen LogP contribution is -2.05. The standard InChI is InChI=1S/C6H8O2S/c1-2-3-6-4-5-8-9(6)7/h1,6H,3-5H2. The maximum absolute atomic E-state index is 10.8. The van der Waals surface area contributed by atoms with Gasteiger partial charge in [-0.1, -0.05) is 0 Å². The lowest BCUT2D eigenvalue weighted by atomic mass is 10.2. The number of rotatable bonds is 1. The van der Waals surface area contributed by atoms with Crippen LogP contribution in [0.4, 0.5) is 0 Å². The molecule has 3 heteroatoms. The van der Waals surface area contributed by atoms with Gasteiger partial charge in [0.2, 0.25) is 0 Å². The van der Waals surface area contributed by atoms with Crippen molar-refractivity contribution in [1.29, 1.82) is 0 Å². The van der Waals surface area contributed by atoms with E-state index in [0.717, 1.165) is 6.42 Å². The fourth-order valence-electron chi connectivity index (χ4n) is 0.756. The van der Waals surface area contributed by atoms with Crippen LogP contribution in [0.5, 0.6) is 0 Å². The van der Waals surface area contributed by atoms with E-state index in [2.05, 4.69) is 5.92 Å². The SMILES string of the molecule is C#CCC1CCOS1=O. The highest BCUT2D eigenvalue weighted by atomic mass is 32.2. The molecule has 0 bridgehead atoms. The molecule has 0 amide bonds. The second-order valence-electron chi connectivity index (χ2n) is 1.90. The van der Waals surface area contributed by atoms with Crippen LogP contribution in [0.1, 0.15) is 12.8 Å². The van der Waals surface area contributed by atoms with Crippen molar-refractivity contribution in [2.24, 2.45) is 0 Å². The van der Waals surface area contributed by atoms with E-state index in [4.69, 9.17) is 10.6 Å². The molecule has 0 aliphatic carbocycles. The van der Waals surface area contributed by atoms with E-state index in [9.17, 15) is 4.21 Å². The highest BCUT2D eigenvalue weighted by Crippen LogP contribution is 2.15. The Hall–Kier alpha value is -0.330. The Morgan fingerprint density at radius 1 is 1.89 bits per heavy atom. The topological polar surface area (TPSA) is 26.3 Å². The quantitative estimate of drug-likeness (QED) is 0.500. The van der Waals surface area contributed by atoms with Crippen LogP contribution >= 0.6 is 0 Å².